The maximum atomic E-state index is 10.9. The Kier molecular flexibility index (Phi) is 4.68. The first kappa shape index (κ1) is 16.0. The highest BCUT2D eigenvalue weighted by Gasteiger charge is 2.19. The Morgan fingerprint density at radius 1 is 0.895 bits per heavy atom. The van der Waals surface area contributed by atoms with Gasteiger partial charge in [0.25, 0.3) is 0 Å². The van der Waals surface area contributed by atoms with Gasteiger partial charge in [-0.25, -0.2) is 4.79 Å². The fraction of sp³-hybridized carbons (Fsp3) is 0.222. The standard InChI is InChI=1S/C9H12O8P2/c10-9(11)8-2-6(4-18(12,13)14)1-7(3-8)5-19(15,16)17/h1-3H,4-5H2,(H,10,11)(H2,12,13,14)(H2,15,16,17). The van der Waals surface area contributed by atoms with Gasteiger partial charge in [-0.05, 0) is 23.3 Å². The monoisotopic (exact) mass is 310 g/mol. The number of carbonyl (C=O) groups is 1. The summed E-state index contributed by atoms with van der Waals surface area (Å²) in [6.45, 7) is 0. The van der Waals surface area contributed by atoms with Crippen LogP contribution >= 0.6 is 15.2 Å². The van der Waals surface area contributed by atoms with E-state index in [0.29, 0.717) is 0 Å². The largest absolute Gasteiger partial charge is 0.478 e. The van der Waals surface area contributed by atoms with Crippen molar-refractivity contribution in [3.05, 3.63) is 34.9 Å². The number of hydrogen-bond donors (Lipinski definition) is 5. The predicted molar refractivity (Wildman–Crippen MR) is 64.9 cm³/mol. The predicted octanol–water partition coefficient (Wildman–Crippen LogP) is 0.740. The van der Waals surface area contributed by atoms with E-state index < -0.39 is 33.5 Å². The Labute approximate surface area is 108 Å². The van der Waals surface area contributed by atoms with Crippen molar-refractivity contribution in [1.29, 1.82) is 0 Å². The minimum absolute atomic E-state index is 0.0108. The van der Waals surface area contributed by atoms with Gasteiger partial charge in [0.05, 0.1) is 17.9 Å². The first-order chi connectivity index (χ1) is 8.46. The molecule has 0 saturated carbocycles. The second kappa shape index (κ2) is 5.54. The fourth-order valence-corrected chi connectivity index (χ4v) is 2.86. The molecule has 106 valence electrons. The second-order valence-electron chi connectivity index (χ2n) is 3.99. The molecule has 0 atom stereocenters. The molecule has 0 aliphatic rings. The molecule has 5 N–H and O–H groups in total. The van der Waals surface area contributed by atoms with Crippen LogP contribution in [0.1, 0.15) is 21.5 Å². The molecule has 0 spiro atoms. The number of hydrogen-bond acceptors (Lipinski definition) is 3. The third-order valence-electron chi connectivity index (χ3n) is 2.08. The molecular weight excluding hydrogens is 298 g/mol. The molecule has 1 rings (SSSR count). The zero-order chi connectivity index (χ0) is 14.8. The Bertz CT molecular complexity index is 542. The number of rotatable bonds is 5. The lowest BCUT2D eigenvalue weighted by atomic mass is 10.1. The van der Waals surface area contributed by atoms with Crippen molar-refractivity contribution in [1.82, 2.24) is 0 Å². The third kappa shape index (κ3) is 6.11. The van der Waals surface area contributed by atoms with E-state index in [4.69, 9.17) is 24.7 Å². The van der Waals surface area contributed by atoms with E-state index in [1.807, 2.05) is 0 Å². The van der Waals surface area contributed by atoms with Crippen LogP contribution in [0.2, 0.25) is 0 Å². The molecule has 0 bridgehead atoms. The van der Waals surface area contributed by atoms with Crippen LogP contribution in [0.25, 0.3) is 0 Å². The van der Waals surface area contributed by atoms with Gasteiger partial charge in [0.2, 0.25) is 0 Å². The molecule has 1 aromatic carbocycles. The van der Waals surface area contributed by atoms with Crippen LogP contribution in [0.15, 0.2) is 18.2 Å². The Hall–Kier alpha value is -1.01. The molecule has 0 amide bonds. The van der Waals surface area contributed by atoms with Gasteiger partial charge in [0.15, 0.2) is 0 Å². The Balaban J connectivity index is 3.22. The van der Waals surface area contributed by atoms with E-state index >= 15 is 0 Å². The van der Waals surface area contributed by atoms with E-state index in [1.54, 1.807) is 0 Å². The van der Waals surface area contributed by atoms with E-state index in [2.05, 4.69) is 0 Å². The summed E-state index contributed by atoms with van der Waals surface area (Å²) in [5.41, 5.74) is -0.261. The molecule has 0 unspecified atom stereocenters. The maximum absolute atomic E-state index is 10.9. The van der Waals surface area contributed by atoms with Crippen molar-refractivity contribution in [2.75, 3.05) is 0 Å². The number of carboxylic acid groups (broad SMARTS) is 1. The summed E-state index contributed by atoms with van der Waals surface area (Å²) < 4.78 is 21.7. The van der Waals surface area contributed by atoms with Crippen LogP contribution in [0, 0.1) is 0 Å². The van der Waals surface area contributed by atoms with Gasteiger partial charge >= 0.3 is 21.2 Å². The van der Waals surface area contributed by atoms with Crippen molar-refractivity contribution in [3.8, 4) is 0 Å². The van der Waals surface area contributed by atoms with Crippen LogP contribution in [0.3, 0.4) is 0 Å². The van der Waals surface area contributed by atoms with Crippen LogP contribution in [-0.4, -0.2) is 30.6 Å². The van der Waals surface area contributed by atoms with Crippen molar-refractivity contribution in [2.45, 2.75) is 12.3 Å². The molecule has 10 heteroatoms. The highest BCUT2D eigenvalue weighted by Crippen LogP contribution is 2.42. The molecule has 0 saturated heterocycles. The first-order valence-electron chi connectivity index (χ1n) is 4.91. The molecule has 0 heterocycles. The van der Waals surface area contributed by atoms with Crippen molar-refractivity contribution in [3.63, 3.8) is 0 Å². The lowest BCUT2D eigenvalue weighted by molar-refractivity contribution is 0.0696. The van der Waals surface area contributed by atoms with Crippen molar-refractivity contribution in [2.24, 2.45) is 0 Å². The van der Waals surface area contributed by atoms with E-state index in [9.17, 15) is 13.9 Å². The summed E-state index contributed by atoms with van der Waals surface area (Å²) in [5, 5.41) is 8.84. The zero-order valence-electron chi connectivity index (χ0n) is 9.50. The molecule has 0 fully saturated rings. The third-order valence-corrected chi connectivity index (χ3v) is 3.63. The highest BCUT2D eigenvalue weighted by atomic mass is 31.2. The molecule has 0 aliphatic carbocycles. The van der Waals surface area contributed by atoms with Gasteiger partial charge in [0.1, 0.15) is 0 Å². The number of aromatic carboxylic acids is 1. The molecule has 0 radical (unpaired) electrons. The van der Waals surface area contributed by atoms with Gasteiger partial charge in [-0.2, -0.15) is 0 Å². The van der Waals surface area contributed by atoms with Crippen molar-refractivity contribution >= 4 is 21.2 Å². The summed E-state index contributed by atoms with van der Waals surface area (Å²) in [6, 6.07) is 3.29. The Morgan fingerprint density at radius 2 is 1.26 bits per heavy atom. The summed E-state index contributed by atoms with van der Waals surface area (Å²) in [4.78, 5) is 46.2. The van der Waals surface area contributed by atoms with Gasteiger partial charge in [0, 0.05) is 0 Å². The summed E-state index contributed by atoms with van der Waals surface area (Å²) in [7, 11) is -8.79. The first-order valence-corrected chi connectivity index (χ1v) is 8.51. The average Bonchev–Trinajstić information content (AvgIpc) is 2.10. The average molecular weight is 310 g/mol. The van der Waals surface area contributed by atoms with Gasteiger partial charge < -0.3 is 24.7 Å². The zero-order valence-corrected chi connectivity index (χ0v) is 11.3. The quantitative estimate of drug-likeness (QED) is 0.499. The maximum Gasteiger partial charge on any atom is 0.335 e. The second-order valence-corrected chi connectivity index (χ2v) is 7.28. The van der Waals surface area contributed by atoms with Crippen LogP contribution < -0.4 is 0 Å². The normalized spacial score (nSPS) is 12.4. The van der Waals surface area contributed by atoms with Gasteiger partial charge in [-0.3, -0.25) is 9.13 Å². The SMILES string of the molecule is O=C(O)c1cc(CP(=O)(O)O)cc(CP(=O)(O)O)c1. The number of benzene rings is 1. The lowest BCUT2D eigenvalue weighted by Gasteiger charge is -2.09. The summed E-state index contributed by atoms with van der Waals surface area (Å²) in [5.74, 6) is -1.35. The van der Waals surface area contributed by atoms with E-state index in [0.717, 1.165) is 12.1 Å². The van der Waals surface area contributed by atoms with Gasteiger partial charge in [-0.15, -0.1) is 0 Å². The van der Waals surface area contributed by atoms with E-state index in [-0.39, 0.29) is 16.7 Å². The lowest BCUT2D eigenvalue weighted by Crippen LogP contribution is -2.01. The van der Waals surface area contributed by atoms with Gasteiger partial charge in [-0.1, -0.05) is 6.07 Å². The smallest absolute Gasteiger partial charge is 0.335 e. The van der Waals surface area contributed by atoms with E-state index in [1.165, 1.54) is 6.07 Å². The molecule has 0 aliphatic heterocycles. The molecule has 8 nitrogen and oxygen atoms in total. The Morgan fingerprint density at radius 3 is 1.53 bits per heavy atom. The summed E-state index contributed by atoms with van der Waals surface area (Å²) in [6.07, 6.45) is -1.38. The minimum atomic E-state index is -4.40. The fourth-order valence-electron chi connectivity index (χ4n) is 1.54. The van der Waals surface area contributed by atoms with Crippen LogP contribution in [-0.2, 0) is 21.5 Å². The van der Waals surface area contributed by atoms with Crippen molar-refractivity contribution < 1.29 is 38.6 Å². The summed E-state index contributed by atoms with van der Waals surface area (Å²) >= 11 is 0. The van der Waals surface area contributed by atoms with Crippen LogP contribution in [0.5, 0.6) is 0 Å². The minimum Gasteiger partial charge on any atom is -0.478 e. The number of carboxylic acids is 1. The van der Waals surface area contributed by atoms with Crippen LogP contribution in [0.4, 0.5) is 0 Å². The molecular formula is C9H12O8P2. The highest BCUT2D eigenvalue weighted by molar-refractivity contribution is 7.51. The molecule has 0 aromatic heterocycles. The molecule has 1 aromatic rings. The molecule has 19 heavy (non-hydrogen) atoms. The topological polar surface area (TPSA) is 152 Å².